The molecule has 0 saturated carbocycles. The first-order valence-electron chi connectivity index (χ1n) is 10.8. The zero-order valence-corrected chi connectivity index (χ0v) is 18.1. The summed E-state index contributed by atoms with van der Waals surface area (Å²) in [6.07, 6.45) is -0.671. The largest absolute Gasteiger partial charge is 0.485 e. The fraction of sp³-hybridized carbons (Fsp3) is 0.348. The van der Waals surface area contributed by atoms with E-state index in [1.165, 1.54) is 6.07 Å². The molecule has 3 heterocycles. The average molecular weight is 472 g/mol. The minimum Gasteiger partial charge on any atom is -0.485 e. The van der Waals surface area contributed by atoms with E-state index in [-0.39, 0.29) is 24.1 Å². The van der Waals surface area contributed by atoms with E-state index in [4.69, 9.17) is 14.0 Å². The summed E-state index contributed by atoms with van der Waals surface area (Å²) in [6, 6.07) is 13.6. The van der Waals surface area contributed by atoms with Crippen molar-refractivity contribution in [1.29, 1.82) is 0 Å². The topological polar surface area (TPSA) is 90.2 Å². The number of hydrogen-bond acceptors (Lipinski definition) is 8. The van der Waals surface area contributed by atoms with Crippen LogP contribution in [0, 0.1) is 0 Å². The Hall–Kier alpha value is -3.73. The van der Waals surface area contributed by atoms with Gasteiger partial charge in [-0.3, -0.25) is 9.69 Å². The molecule has 9 nitrogen and oxygen atoms in total. The van der Waals surface area contributed by atoms with Crippen LogP contribution in [0.1, 0.15) is 5.89 Å². The SMILES string of the molecule is O=C([C@H]1COc2ccccc2O1)N1CCN(Cc2nc(-c3ccccc3OC(F)F)no2)CC1. The number of halogens is 2. The van der Waals surface area contributed by atoms with Crippen molar-refractivity contribution in [3.63, 3.8) is 0 Å². The van der Waals surface area contributed by atoms with Crippen LogP contribution in [0.5, 0.6) is 17.2 Å². The predicted octanol–water partition coefficient (Wildman–Crippen LogP) is 2.82. The van der Waals surface area contributed by atoms with Crippen molar-refractivity contribution in [2.75, 3.05) is 32.8 Å². The summed E-state index contributed by atoms with van der Waals surface area (Å²) in [6.45, 7) is -0.135. The van der Waals surface area contributed by atoms with Crippen LogP contribution < -0.4 is 14.2 Å². The maximum Gasteiger partial charge on any atom is 0.387 e. The summed E-state index contributed by atoms with van der Waals surface area (Å²) in [5.41, 5.74) is 0.324. The van der Waals surface area contributed by atoms with E-state index in [0.717, 1.165) is 0 Å². The molecular formula is C23H22F2N4O5. The third kappa shape index (κ3) is 4.79. The standard InChI is InChI=1S/C23H22F2N4O5/c24-23(25)33-16-6-2-1-5-15(16)21-26-20(34-27-21)13-28-9-11-29(12-10-28)22(30)19-14-31-17-7-3-4-8-18(17)32-19/h1-8,19,23H,9-14H2/t19-/m1/s1. The smallest absolute Gasteiger partial charge is 0.387 e. The number of aromatic nitrogens is 2. The Bertz CT molecular complexity index is 1150. The van der Waals surface area contributed by atoms with Gasteiger partial charge in [-0.1, -0.05) is 29.4 Å². The summed E-state index contributed by atoms with van der Waals surface area (Å²) in [7, 11) is 0. The van der Waals surface area contributed by atoms with Gasteiger partial charge in [0.25, 0.3) is 5.91 Å². The number of fused-ring (bicyclic) bond motifs is 1. The molecule has 2 aliphatic rings. The lowest BCUT2D eigenvalue weighted by molar-refractivity contribution is -0.143. The Morgan fingerprint density at radius 3 is 2.59 bits per heavy atom. The van der Waals surface area contributed by atoms with Crippen molar-refractivity contribution in [2.24, 2.45) is 0 Å². The molecule has 0 N–H and O–H groups in total. The quantitative estimate of drug-likeness (QED) is 0.541. The first kappa shape index (κ1) is 22.1. The van der Waals surface area contributed by atoms with Crippen molar-refractivity contribution in [3.05, 3.63) is 54.4 Å². The lowest BCUT2D eigenvalue weighted by Crippen LogP contribution is -2.53. The van der Waals surface area contributed by atoms with E-state index in [2.05, 4.69) is 19.8 Å². The number of rotatable bonds is 6. The molecule has 1 atom stereocenters. The maximum absolute atomic E-state index is 12.9. The Morgan fingerprint density at radius 1 is 1.06 bits per heavy atom. The van der Waals surface area contributed by atoms with Gasteiger partial charge >= 0.3 is 6.61 Å². The van der Waals surface area contributed by atoms with E-state index in [9.17, 15) is 13.6 Å². The van der Waals surface area contributed by atoms with Crippen LogP contribution in [-0.2, 0) is 11.3 Å². The highest BCUT2D eigenvalue weighted by Gasteiger charge is 2.33. The molecule has 1 aromatic heterocycles. The summed E-state index contributed by atoms with van der Waals surface area (Å²) in [5.74, 6) is 1.60. The zero-order valence-electron chi connectivity index (χ0n) is 18.1. The molecule has 0 bridgehead atoms. The molecule has 2 aliphatic heterocycles. The van der Waals surface area contributed by atoms with Gasteiger partial charge in [0, 0.05) is 26.2 Å². The summed E-state index contributed by atoms with van der Waals surface area (Å²) < 4.78 is 46.7. The second kappa shape index (κ2) is 9.64. The summed E-state index contributed by atoms with van der Waals surface area (Å²) >= 11 is 0. The van der Waals surface area contributed by atoms with Crippen LogP contribution in [0.15, 0.2) is 53.1 Å². The molecule has 1 amide bonds. The first-order valence-corrected chi connectivity index (χ1v) is 10.8. The van der Waals surface area contributed by atoms with Crippen LogP contribution in [0.4, 0.5) is 8.78 Å². The first-order chi connectivity index (χ1) is 16.6. The highest BCUT2D eigenvalue weighted by Crippen LogP contribution is 2.32. The van der Waals surface area contributed by atoms with E-state index >= 15 is 0 Å². The van der Waals surface area contributed by atoms with Gasteiger partial charge in [0.05, 0.1) is 12.1 Å². The molecule has 0 spiro atoms. The number of para-hydroxylation sites is 3. The number of amides is 1. The fourth-order valence-corrected chi connectivity index (χ4v) is 3.94. The summed E-state index contributed by atoms with van der Waals surface area (Å²) in [5, 5.41) is 3.91. The number of carbonyl (C=O) groups excluding carboxylic acids is 1. The minimum atomic E-state index is -2.95. The minimum absolute atomic E-state index is 0.0199. The zero-order chi connectivity index (χ0) is 23.5. The molecule has 0 aliphatic carbocycles. The second-order valence-corrected chi connectivity index (χ2v) is 7.85. The lowest BCUT2D eigenvalue weighted by Gasteiger charge is -2.36. The maximum atomic E-state index is 12.9. The van der Waals surface area contributed by atoms with Gasteiger partial charge in [-0.25, -0.2) is 0 Å². The Morgan fingerprint density at radius 2 is 1.79 bits per heavy atom. The van der Waals surface area contributed by atoms with Gasteiger partial charge in [0.1, 0.15) is 12.4 Å². The van der Waals surface area contributed by atoms with Crippen LogP contribution in [0.25, 0.3) is 11.4 Å². The number of hydrogen-bond donors (Lipinski definition) is 0. The van der Waals surface area contributed by atoms with Crippen molar-refractivity contribution in [2.45, 2.75) is 19.3 Å². The van der Waals surface area contributed by atoms with E-state index in [1.54, 1.807) is 29.2 Å². The molecule has 11 heteroatoms. The molecule has 0 unspecified atom stereocenters. The molecule has 178 valence electrons. The third-order valence-electron chi connectivity index (χ3n) is 5.64. The molecule has 1 fully saturated rings. The number of alkyl halides is 2. The van der Waals surface area contributed by atoms with Gasteiger partial charge in [-0.2, -0.15) is 13.8 Å². The van der Waals surface area contributed by atoms with Gasteiger partial charge in [-0.05, 0) is 24.3 Å². The fourth-order valence-electron chi connectivity index (χ4n) is 3.94. The molecule has 34 heavy (non-hydrogen) atoms. The number of ether oxygens (including phenoxy) is 3. The number of piperazine rings is 1. The predicted molar refractivity (Wildman–Crippen MR) is 115 cm³/mol. The second-order valence-electron chi connectivity index (χ2n) is 7.85. The van der Waals surface area contributed by atoms with Gasteiger partial charge in [-0.15, -0.1) is 0 Å². The Kier molecular flexibility index (Phi) is 6.26. The number of carbonyl (C=O) groups is 1. The molecule has 3 aromatic rings. The van der Waals surface area contributed by atoms with Crippen molar-refractivity contribution < 1.29 is 32.3 Å². The van der Waals surface area contributed by atoms with Crippen molar-refractivity contribution in [3.8, 4) is 28.6 Å². The van der Waals surface area contributed by atoms with E-state index in [0.29, 0.717) is 55.7 Å². The van der Waals surface area contributed by atoms with Crippen LogP contribution >= 0.6 is 0 Å². The number of benzene rings is 2. The normalized spacial score (nSPS) is 18.2. The van der Waals surface area contributed by atoms with Crippen molar-refractivity contribution in [1.82, 2.24) is 19.9 Å². The van der Waals surface area contributed by atoms with Gasteiger partial charge in [0.2, 0.25) is 17.8 Å². The van der Waals surface area contributed by atoms with Crippen molar-refractivity contribution >= 4 is 5.91 Å². The molecule has 1 saturated heterocycles. The highest BCUT2D eigenvalue weighted by molar-refractivity contribution is 5.82. The molecule has 0 radical (unpaired) electrons. The Labute approximate surface area is 193 Å². The Balaban J connectivity index is 1.16. The molecule has 5 rings (SSSR count). The lowest BCUT2D eigenvalue weighted by atomic mass is 10.2. The third-order valence-corrected chi connectivity index (χ3v) is 5.64. The molecular weight excluding hydrogens is 450 g/mol. The van der Waals surface area contributed by atoms with Crippen LogP contribution in [0.2, 0.25) is 0 Å². The van der Waals surface area contributed by atoms with E-state index in [1.807, 2.05) is 18.2 Å². The highest BCUT2D eigenvalue weighted by atomic mass is 19.3. The summed E-state index contributed by atoms with van der Waals surface area (Å²) in [4.78, 5) is 21.1. The number of nitrogens with zero attached hydrogens (tertiary/aromatic N) is 4. The van der Waals surface area contributed by atoms with Crippen LogP contribution in [0.3, 0.4) is 0 Å². The van der Waals surface area contributed by atoms with Crippen LogP contribution in [-0.4, -0.2) is 71.3 Å². The van der Waals surface area contributed by atoms with Gasteiger partial charge < -0.3 is 23.6 Å². The monoisotopic (exact) mass is 472 g/mol. The van der Waals surface area contributed by atoms with Gasteiger partial charge in [0.15, 0.2) is 11.5 Å². The van der Waals surface area contributed by atoms with E-state index < -0.39 is 12.7 Å². The molecule has 2 aromatic carbocycles. The average Bonchev–Trinajstić information content (AvgIpc) is 3.32.